The van der Waals surface area contributed by atoms with Gasteiger partial charge in [0.05, 0.1) is 11.5 Å². The summed E-state index contributed by atoms with van der Waals surface area (Å²) in [5, 5.41) is 24.2. The number of benzene rings is 1. The largest absolute Gasteiger partial charge is 0.466 e. The molecule has 24 heavy (non-hydrogen) atoms. The van der Waals surface area contributed by atoms with Crippen LogP contribution in [0, 0.1) is 30.9 Å². The first kappa shape index (κ1) is 17.7. The second kappa shape index (κ2) is 6.45. The van der Waals surface area contributed by atoms with Crippen molar-refractivity contribution in [3.05, 3.63) is 62.6 Å². The van der Waals surface area contributed by atoms with Crippen LogP contribution in [0.25, 0.3) is 0 Å². The summed E-state index contributed by atoms with van der Waals surface area (Å²) in [6.45, 7) is 6.56. The topological polar surface area (TPSA) is 106 Å². The minimum atomic E-state index is -1.31. The molecular weight excluding hydrogens is 312 g/mol. The normalized spacial score (nSPS) is 13.4. The molecule has 128 valence electrons. The van der Waals surface area contributed by atoms with Gasteiger partial charge in [0.1, 0.15) is 17.1 Å². The summed E-state index contributed by atoms with van der Waals surface area (Å²) in [7, 11) is 0. The number of nitro groups is 1. The molecule has 0 saturated heterocycles. The Morgan fingerprint density at radius 2 is 2.04 bits per heavy atom. The average molecular weight is 332 g/mol. The molecule has 0 radical (unpaired) electrons. The van der Waals surface area contributed by atoms with Gasteiger partial charge in [0, 0.05) is 22.8 Å². The highest BCUT2D eigenvalue weighted by atomic mass is 16.6. The van der Waals surface area contributed by atoms with Gasteiger partial charge in [-0.3, -0.25) is 14.9 Å². The lowest BCUT2D eigenvalue weighted by Crippen LogP contribution is -2.39. The van der Waals surface area contributed by atoms with E-state index >= 15 is 0 Å². The van der Waals surface area contributed by atoms with Gasteiger partial charge in [0.15, 0.2) is 0 Å². The molecule has 2 rings (SSSR count). The zero-order chi connectivity index (χ0) is 18.1. The van der Waals surface area contributed by atoms with Crippen LogP contribution >= 0.6 is 0 Å². The molecule has 1 heterocycles. The Morgan fingerprint density at radius 1 is 1.38 bits per heavy atom. The maximum atomic E-state index is 12.3. The molecule has 1 aromatic carbocycles. The lowest BCUT2D eigenvalue weighted by molar-refractivity contribution is -0.385. The van der Waals surface area contributed by atoms with Crippen molar-refractivity contribution in [3.8, 4) is 0 Å². The first-order valence-corrected chi connectivity index (χ1v) is 7.45. The summed E-state index contributed by atoms with van der Waals surface area (Å²) < 4.78 is 5.41. The van der Waals surface area contributed by atoms with Crippen molar-refractivity contribution in [1.29, 1.82) is 0 Å². The summed E-state index contributed by atoms with van der Waals surface area (Å²) in [4.78, 5) is 22.8. The highest BCUT2D eigenvalue weighted by Crippen LogP contribution is 2.27. The fraction of sp³-hybridized carbons (Fsp3) is 0.353. The Morgan fingerprint density at radius 3 is 2.58 bits per heavy atom. The lowest BCUT2D eigenvalue weighted by atomic mass is 9.96. The summed E-state index contributed by atoms with van der Waals surface area (Å²) in [5.74, 6) is 0.774. The zero-order valence-corrected chi connectivity index (χ0v) is 14.0. The molecule has 1 atom stereocenters. The van der Waals surface area contributed by atoms with Gasteiger partial charge in [-0.25, -0.2) is 0 Å². The highest BCUT2D eigenvalue weighted by Gasteiger charge is 2.29. The number of hydrogen-bond donors (Lipinski definition) is 2. The minimum absolute atomic E-state index is 0.0478. The van der Waals surface area contributed by atoms with E-state index in [4.69, 9.17) is 4.42 Å². The number of nitro benzene ring substituents is 1. The highest BCUT2D eigenvalue weighted by molar-refractivity contribution is 5.96. The van der Waals surface area contributed by atoms with Gasteiger partial charge in [-0.05, 0) is 39.8 Å². The second-order valence-corrected chi connectivity index (χ2v) is 5.99. The Hall–Kier alpha value is -2.67. The minimum Gasteiger partial charge on any atom is -0.466 e. The summed E-state index contributed by atoms with van der Waals surface area (Å²) in [6, 6.07) is 6.04. The van der Waals surface area contributed by atoms with E-state index in [9.17, 15) is 20.0 Å². The third-order valence-electron chi connectivity index (χ3n) is 3.96. The molecule has 0 bridgehead atoms. The number of aliphatic hydroxyl groups is 1. The molecule has 1 amide bonds. The van der Waals surface area contributed by atoms with Gasteiger partial charge in [0.2, 0.25) is 0 Å². The Balaban J connectivity index is 2.18. The monoisotopic (exact) mass is 332 g/mol. The molecular formula is C17H20N2O5. The lowest BCUT2D eigenvalue weighted by Gasteiger charge is -2.23. The molecule has 7 nitrogen and oxygen atoms in total. The van der Waals surface area contributed by atoms with Gasteiger partial charge in [-0.15, -0.1) is 0 Å². The van der Waals surface area contributed by atoms with E-state index in [2.05, 4.69) is 5.32 Å². The van der Waals surface area contributed by atoms with Crippen molar-refractivity contribution >= 4 is 11.6 Å². The zero-order valence-electron chi connectivity index (χ0n) is 14.0. The SMILES string of the molecule is Cc1cc(C(C)(O)CNC(=O)c2cccc([N+](=O)[O-])c2C)c(C)o1. The second-order valence-electron chi connectivity index (χ2n) is 5.99. The fourth-order valence-electron chi connectivity index (χ4n) is 2.68. The number of amides is 1. The van der Waals surface area contributed by atoms with Gasteiger partial charge in [-0.1, -0.05) is 6.07 Å². The van der Waals surface area contributed by atoms with E-state index in [1.165, 1.54) is 25.1 Å². The van der Waals surface area contributed by atoms with E-state index in [-0.39, 0.29) is 23.4 Å². The van der Waals surface area contributed by atoms with Crippen LogP contribution in [0.2, 0.25) is 0 Å². The van der Waals surface area contributed by atoms with Crippen LogP contribution in [0.3, 0.4) is 0 Å². The molecule has 0 aliphatic carbocycles. The smallest absolute Gasteiger partial charge is 0.273 e. The standard InChI is InChI=1S/C17H20N2O5/c1-10-8-14(12(3)24-10)17(4,21)9-18-16(20)13-6-5-7-15(11(13)2)19(22)23/h5-8,21H,9H2,1-4H3,(H,18,20). The number of furan rings is 1. The Labute approximate surface area is 139 Å². The molecule has 0 spiro atoms. The number of rotatable bonds is 5. The van der Waals surface area contributed by atoms with Crippen LogP contribution in [-0.2, 0) is 5.60 Å². The van der Waals surface area contributed by atoms with Crippen LogP contribution < -0.4 is 5.32 Å². The van der Waals surface area contributed by atoms with Crippen LogP contribution in [0.4, 0.5) is 5.69 Å². The van der Waals surface area contributed by atoms with E-state index < -0.39 is 16.4 Å². The number of hydrogen-bond acceptors (Lipinski definition) is 5. The Kier molecular flexibility index (Phi) is 4.75. The Bertz CT molecular complexity index is 792. The van der Waals surface area contributed by atoms with E-state index in [0.717, 1.165) is 0 Å². The number of aryl methyl sites for hydroxylation is 2. The maximum Gasteiger partial charge on any atom is 0.273 e. The summed E-state index contributed by atoms with van der Waals surface area (Å²) in [6.07, 6.45) is 0. The van der Waals surface area contributed by atoms with Crippen molar-refractivity contribution in [2.45, 2.75) is 33.3 Å². The van der Waals surface area contributed by atoms with E-state index in [1.807, 2.05) is 0 Å². The molecule has 1 aromatic heterocycles. The predicted octanol–water partition coefficient (Wildman–Crippen LogP) is 2.75. The van der Waals surface area contributed by atoms with Gasteiger partial charge >= 0.3 is 0 Å². The van der Waals surface area contributed by atoms with Gasteiger partial charge in [0.25, 0.3) is 11.6 Å². The molecule has 1 unspecified atom stereocenters. The van der Waals surface area contributed by atoms with E-state index in [0.29, 0.717) is 17.1 Å². The molecule has 0 aliphatic heterocycles. The van der Waals surface area contributed by atoms with Gasteiger partial charge < -0.3 is 14.8 Å². The number of nitrogens with one attached hydrogen (secondary N) is 1. The first-order valence-electron chi connectivity index (χ1n) is 7.45. The quantitative estimate of drug-likeness (QED) is 0.647. The molecule has 0 aliphatic rings. The van der Waals surface area contributed by atoms with Crippen molar-refractivity contribution in [2.24, 2.45) is 0 Å². The van der Waals surface area contributed by atoms with E-state index in [1.54, 1.807) is 26.8 Å². The molecule has 2 aromatic rings. The number of carbonyl (C=O) groups is 1. The molecule has 2 N–H and O–H groups in total. The van der Waals surface area contributed by atoms with Crippen molar-refractivity contribution in [1.82, 2.24) is 5.32 Å². The molecule has 0 saturated carbocycles. The number of carbonyl (C=O) groups excluding carboxylic acids is 1. The summed E-state index contributed by atoms with van der Waals surface area (Å²) >= 11 is 0. The predicted molar refractivity (Wildman–Crippen MR) is 87.9 cm³/mol. The van der Waals surface area contributed by atoms with Crippen molar-refractivity contribution in [3.63, 3.8) is 0 Å². The number of nitrogens with zero attached hydrogens (tertiary/aromatic N) is 1. The maximum absolute atomic E-state index is 12.3. The first-order chi connectivity index (χ1) is 11.1. The van der Waals surface area contributed by atoms with Crippen molar-refractivity contribution < 1.29 is 19.2 Å². The molecule has 0 fully saturated rings. The third-order valence-corrected chi connectivity index (χ3v) is 3.96. The van der Waals surface area contributed by atoms with Gasteiger partial charge in [-0.2, -0.15) is 0 Å². The van der Waals surface area contributed by atoms with Crippen LogP contribution in [0.5, 0.6) is 0 Å². The van der Waals surface area contributed by atoms with Crippen molar-refractivity contribution in [2.75, 3.05) is 6.54 Å². The molecule has 7 heteroatoms. The van der Waals surface area contributed by atoms with Crippen LogP contribution in [0.15, 0.2) is 28.7 Å². The fourth-order valence-corrected chi connectivity index (χ4v) is 2.68. The van der Waals surface area contributed by atoms with Crippen LogP contribution in [0.1, 0.15) is 39.9 Å². The summed E-state index contributed by atoms with van der Waals surface area (Å²) in [5.41, 5.74) is -0.339. The van der Waals surface area contributed by atoms with Crippen LogP contribution in [-0.4, -0.2) is 22.5 Å². The average Bonchev–Trinajstić information content (AvgIpc) is 2.84. The third kappa shape index (κ3) is 3.46.